The summed E-state index contributed by atoms with van der Waals surface area (Å²) in [5.41, 5.74) is 0.916. The molecule has 1 saturated carbocycles. The summed E-state index contributed by atoms with van der Waals surface area (Å²) in [6.07, 6.45) is 2.94. The van der Waals surface area contributed by atoms with Crippen LogP contribution in [0.15, 0.2) is 65.6 Å². The Morgan fingerprint density at radius 2 is 1.64 bits per heavy atom. The molecule has 0 atom stereocenters. The van der Waals surface area contributed by atoms with Crippen LogP contribution in [0.25, 0.3) is 0 Å². The van der Waals surface area contributed by atoms with E-state index < -0.39 is 0 Å². The summed E-state index contributed by atoms with van der Waals surface area (Å²) in [4.78, 5) is 13.7. The predicted octanol–water partition coefficient (Wildman–Crippen LogP) is 4.02. The van der Waals surface area contributed by atoms with E-state index in [0.717, 1.165) is 37.1 Å². The molecule has 2 nitrogen and oxygen atoms in total. The third-order valence-corrected chi connectivity index (χ3v) is 5.23. The summed E-state index contributed by atoms with van der Waals surface area (Å²) in [6, 6.07) is 20.5. The maximum absolute atomic E-state index is 12.4. The normalized spacial score (nSPS) is 15.3. The molecular weight excluding hydrogens is 290 g/mol. The van der Waals surface area contributed by atoms with Gasteiger partial charge in [-0.15, -0.1) is 11.8 Å². The molecule has 1 N–H and O–H groups in total. The number of carbonyl (C=O) groups is 1. The van der Waals surface area contributed by atoms with Crippen LogP contribution in [0.3, 0.4) is 0 Å². The van der Waals surface area contributed by atoms with E-state index in [2.05, 4.69) is 41.7 Å². The zero-order chi connectivity index (χ0) is 15.3. The zero-order valence-electron chi connectivity index (χ0n) is 12.6. The number of thioether (sulfide) groups is 1. The fourth-order valence-corrected chi connectivity index (χ4v) is 3.55. The molecule has 0 unspecified atom stereocenters. The summed E-state index contributed by atoms with van der Waals surface area (Å²) in [5.74, 6) is 1.23. The molecule has 3 heteroatoms. The van der Waals surface area contributed by atoms with E-state index in [1.54, 1.807) is 0 Å². The molecule has 22 heavy (non-hydrogen) atoms. The van der Waals surface area contributed by atoms with Crippen LogP contribution in [-0.4, -0.2) is 18.2 Å². The molecule has 3 rings (SSSR count). The highest BCUT2D eigenvalue weighted by Gasteiger charge is 2.50. The lowest BCUT2D eigenvalue weighted by atomic mass is 9.95. The number of hydrogen-bond donors (Lipinski definition) is 1. The van der Waals surface area contributed by atoms with E-state index >= 15 is 0 Å². The summed E-state index contributed by atoms with van der Waals surface area (Å²) in [7, 11) is 0. The predicted molar refractivity (Wildman–Crippen MR) is 92.1 cm³/mol. The summed E-state index contributed by atoms with van der Waals surface area (Å²) in [6.45, 7) is 0.757. The quantitative estimate of drug-likeness (QED) is 0.618. The summed E-state index contributed by atoms with van der Waals surface area (Å²) < 4.78 is 0. The molecule has 0 spiro atoms. The maximum atomic E-state index is 12.4. The molecule has 114 valence electrons. The van der Waals surface area contributed by atoms with Gasteiger partial charge in [0.15, 0.2) is 0 Å². The first-order valence-corrected chi connectivity index (χ1v) is 8.81. The first kappa shape index (κ1) is 15.2. The lowest BCUT2D eigenvalue weighted by molar-refractivity contribution is -0.123. The molecule has 1 amide bonds. The summed E-state index contributed by atoms with van der Waals surface area (Å²) >= 11 is 1.84. The van der Waals surface area contributed by atoms with Crippen molar-refractivity contribution < 1.29 is 4.79 Å². The number of amides is 1. The van der Waals surface area contributed by atoms with Crippen molar-refractivity contribution in [1.29, 1.82) is 0 Å². The van der Waals surface area contributed by atoms with E-state index in [-0.39, 0.29) is 11.3 Å². The van der Waals surface area contributed by atoms with Gasteiger partial charge in [-0.3, -0.25) is 4.79 Å². The monoisotopic (exact) mass is 311 g/mol. The third kappa shape index (κ3) is 3.53. The second-order valence-electron chi connectivity index (χ2n) is 5.72. The van der Waals surface area contributed by atoms with E-state index in [1.807, 2.05) is 36.0 Å². The van der Waals surface area contributed by atoms with Gasteiger partial charge in [-0.1, -0.05) is 48.5 Å². The van der Waals surface area contributed by atoms with Crippen molar-refractivity contribution in [3.63, 3.8) is 0 Å². The Hall–Kier alpha value is -1.74. The van der Waals surface area contributed by atoms with Gasteiger partial charge in [-0.25, -0.2) is 0 Å². The Morgan fingerprint density at radius 1 is 1.00 bits per heavy atom. The van der Waals surface area contributed by atoms with Gasteiger partial charge in [0.2, 0.25) is 5.91 Å². The highest BCUT2D eigenvalue weighted by Crippen LogP contribution is 2.48. The Morgan fingerprint density at radius 3 is 2.27 bits per heavy atom. The van der Waals surface area contributed by atoms with Crippen LogP contribution in [0.1, 0.15) is 24.8 Å². The molecule has 1 fully saturated rings. The van der Waals surface area contributed by atoms with Gasteiger partial charge in [0, 0.05) is 11.4 Å². The van der Waals surface area contributed by atoms with Crippen LogP contribution in [0.2, 0.25) is 0 Å². The molecule has 1 aliphatic carbocycles. The second kappa shape index (κ2) is 7.01. The van der Waals surface area contributed by atoms with Gasteiger partial charge in [0.1, 0.15) is 0 Å². The largest absolute Gasteiger partial charge is 0.355 e. The third-order valence-electron chi connectivity index (χ3n) is 4.13. The van der Waals surface area contributed by atoms with Crippen molar-refractivity contribution in [3.8, 4) is 0 Å². The Balaban J connectivity index is 1.42. The van der Waals surface area contributed by atoms with Gasteiger partial charge < -0.3 is 5.32 Å². The molecule has 2 aromatic rings. The highest BCUT2D eigenvalue weighted by atomic mass is 32.2. The number of benzene rings is 2. The molecule has 0 radical (unpaired) electrons. The average molecular weight is 311 g/mol. The van der Waals surface area contributed by atoms with Crippen LogP contribution in [0.4, 0.5) is 0 Å². The van der Waals surface area contributed by atoms with Crippen molar-refractivity contribution >= 4 is 17.7 Å². The zero-order valence-corrected chi connectivity index (χ0v) is 13.4. The number of hydrogen-bond acceptors (Lipinski definition) is 2. The Bertz CT molecular complexity index is 608. The number of nitrogens with one attached hydrogen (secondary N) is 1. The molecule has 0 aliphatic heterocycles. The summed E-state index contributed by atoms with van der Waals surface area (Å²) in [5, 5.41) is 3.12. The fraction of sp³-hybridized carbons (Fsp3) is 0.316. The van der Waals surface area contributed by atoms with Gasteiger partial charge in [-0.05, 0) is 42.7 Å². The van der Waals surface area contributed by atoms with E-state index in [0.29, 0.717) is 0 Å². The van der Waals surface area contributed by atoms with Crippen LogP contribution in [-0.2, 0) is 10.2 Å². The van der Waals surface area contributed by atoms with Crippen molar-refractivity contribution in [2.45, 2.75) is 29.6 Å². The average Bonchev–Trinajstić information content (AvgIpc) is 3.38. The lowest BCUT2D eigenvalue weighted by Crippen LogP contribution is -2.35. The maximum Gasteiger partial charge on any atom is 0.230 e. The van der Waals surface area contributed by atoms with Crippen molar-refractivity contribution in [1.82, 2.24) is 5.32 Å². The van der Waals surface area contributed by atoms with E-state index in [1.165, 1.54) is 4.90 Å². The SMILES string of the molecule is O=C(NCCCSc1ccccc1)C1(c2ccccc2)CC1. The minimum absolute atomic E-state index is 0.198. The van der Waals surface area contributed by atoms with Crippen molar-refractivity contribution in [3.05, 3.63) is 66.2 Å². The van der Waals surface area contributed by atoms with Crippen LogP contribution in [0, 0.1) is 0 Å². The smallest absolute Gasteiger partial charge is 0.230 e. The topological polar surface area (TPSA) is 29.1 Å². The minimum atomic E-state index is -0.242. The second-order valence-corrected chi connectivity index (χ2v) is 6.89. The van der Waals surface area contributed by atoms with Crippen LogP contribution < -0.4 is 5.32 Å². The number of carbonyl (C=O) groups excluding carboxylic acids is 1. The van der Waals surface area contributed by atoms with E-state index in [9.17, 15) is 4.79 Å². The lowest BCUT2D eigenvalue weighted by Gasteiger charge is -2.15. The first-order chi connectivity index (χ1) is 10.8. The van der Waals surface area contributed by atoms with Gasteiger partial charge >= 0.3 is 0 Å². The standard InChI is InChI=1S/C19H21NOS/c21-18(19(12-13-19)16-8-3-1-4-9-16)20-14-7-15-22-17-10-5-2-6-11-17/h1-6,8-11H,7,12-15H2,(H,20,21). The number of rotatable bonds is 7. The molecule has 0 aromatic heterocycles. The van der Waals surface area contributed by atoms with Gasteiger partial charge in [0.05, 0.1) is 5.41 Å². The first-order valence-electron chi connectivity index (χ1n) is 7.83. The Kier molecular flexibility index (Phi) is 4.84. The van der Waals surface area contributed by atoms with Crippen molar-refractivity contribution in [2.75, 3.05) is 12.3 Å². The molecule has 0 saturated heterocycles. The fourth-order valence-electron chi connectivity index (χ4n) is 2.68. The Labute approximate surface area is 136 Å². The molecule has 0 bridgehead atoms. The molecule has 1 aliphatic rings. The molecule has 2 aromatic carbocycles. The van der Waals surface area contributed by atoms with Crippen molar-refractivity contribution in [2.24, 2.45) is 0 Å². The van der Waals surface area contributed by atoms with Crippen LogP contribution >= 0.6 is 11.8 Å². The highest BCUT2D eigenvalue weighted by molar-refractivity contribution is 7.99. The molecular formula is C19H21NOS. The molecule has 0 heterocycles. The van der Waals surface area contributed by atoms with Gasteiger partial charge in [0.25, 0.3) is 0 Å². The van der Waals surface area contributed by atoms with Crippen LogP contribution in [0.5, 0.6) is 0 Å². The van der Waals surface area contributed by atoms with E-state index in [4.69, 9.17) is 0 Å². The minimum Gasteiger partial charge on any atom is -0.355 e. The van der Waals surface area contributed by atoms with Gasteiger partial charge in [-0.2, -0.15) is 0 Å².